The largest absolute Gasteiger partial charge is 0.463 e. The second kappa shape index (κ2) is 7.36. The van der Waals surface area contributed by atoms with E-state index in [9.17, 15) is 14.4 Å². The van der Waals surface area contributed by atoms with Gasteiger partial charge in [-0.1, -0.05) is 52.3 Å². The standard InChI is InChI=1S/C22H18BrNO4/c1-2-28-22(27)17-12-16-19(18(17)13-7-6-8-14(23)11-13)21(26)24(20(16)25)15-9-4-3-5-10-15/h3-12,16,18-19H,2H2,1H3/t16-,18-,19-/m0/s1. The number of anilines is 1. The number of imide groups is 1. The highest BCUT2D eigenvalue weighted by molar-refractivity contribution is 9.10. The first-order valence-corrected chi connectivity index (χ1v) is 9.89. The van der Waals surface area contributed by atoms with Crippen LogP contribution in [-0.2, 0) is 19.1 Å². The molecule has 6 heteroatoms. The zero-order valence-corrected chi connectivity index (χ0v) is 16.8. The van der Waals surface area contributed by atoms with Crippen LogP contribution in [0.2, 0.25) is 0 Å². The van der Waals surface area contributed by atoms with E-state index in [1.165, 1.54) is 4.90 Å². The van der Waals surface area contributed by atoms with Crippen LogP contribution in [0.15, 0.2) is 70.7 Å². The number of rotatable bonds is 4. The summed E-state index contributed by atoms with van der Waals surface area (Å²) in [5.41, 5.74) is 1.73. The van der Waals surface area contributed by atoms with Gasteiger partial charge in [0.05, 0.1) is 24.1 Å². The van der Waals surface area contributed by atoms with Crippen LogP contribution >= 0.6 is 15.9 Å². The van der Waals surface area contributed by atoms with Gasteiger partial charge in [0.1, 0.15) is 0 Å². The van der Waals surface area contributed by atoms with Gasteiger partial charge in [-0.2, -0.15) is 0 Å². The molecule has 4 rings (SSSR count). The average Bonchev–Trinajstić information content (AvgIpc) is 3.19. The van der Waals surface area contributed by atoms with Crippen LogP contribution in [-0.4, -0.2) is 24.4 Å². The first-order valence-electron chi connectivity index (χ1n) is 9.10. The van der Waals surface area contributed by atoms with E-state index < -0.39 is 23.7 Å². The Morgan fingerprint density at radius 1 is 1.07 bits per heavy atom. The van der Waals surface area contributed by atoms with E-state index >= 15 is 0 Å². The molecule has 0 unspecified atom stereocenters. The van der Waals surface area contributed by atoms with Gasteiger partial charge in [-0.25, -0.2) is 9.69 Å². The topological polar surface area (TPSA) is 63.7 Å². The van der Waals surface area contributed by atoms with Crippen LogP contribution in [0.5, 0.6) is 0 Å². The molecule has 1 saturated heterocycles. The number of amides is 2. The van der Waals surface area contributed by atoms with Crippen molar-refractivity contribution in [1.82, 2.24) is 0 Å². The molecule has 3 atom stereocenters. The Morgan fingerprint density at radius 3 is 2.50 bits per heavy atom. The van der Waals surface area contributed by atoms with E-state index in [0.29, 0.717) is 11.3 Å². The van der Waals surface area contributed by atoms with E-state index in [0.717, 1.165) is 10.0 Å². The van der Waals surface area contributed by atoms with Gasteiger partial charge in [-0.05, 0) is 36.8 Å². The number of nitrogens with zero attached hydrogens (tertiary/aromatic N) is 1. The second-order valence-electron chi connectivity index (χ2n) is 6.77. The maximum Gasteiger partial charge on any atom is 0.334 e. The molecule has 0 N–H and O–H groups in total. The number of carbonyl (C=O) groups is 3. The van der Waals surface area contributed by atoms with Gasteiger partial charge in [-0.15, -0.1) is 0 Å². The molecule has 28 heavy (non-hydrogen) atoms. The van der Waals surface area contributed by atoms with Crippen molar-refractivity contribution in [3.05, 3.63) is 76.3 Å². The second-order valence-corrected chi connectivity index (χ2v) is 7.69. The van der Waals surface area contributed by atoms with Crippen molar-refractivity contribution in [3.63, 3.8) is 0 Å². The van der Waals surface area contributed by atoms with Crippen LogP contribution < -0.4 is 4.90 Å². The van der Waals surface area contributed by atoms with Crippen molar-refractivity contribution in [2.24, 2.45) is 11.8 Å². The first-order chi connectivity index (χ1) is 13.5. The van der Waals surface area contributed by atoms with Crippen LogP contribution in [0.4, 0.5) is 5.69 Å². The number of esters is 1. The molecule has 5 nitrogen and oxygen atoms in total. The molecule has 2 amide bonds. The highest BCUT2D eigenvalue weighted by Gasteiger charge is 2.56. The minimum atomic E-state index is -0.670. The predicted octanol–water partition coefficient (Wildman–Crippen LogP) is 3.84. The summed E-state index contributed by atoms with van der Waals surface area (Å²) in [5.74, 6) is -2.92. The van der Waals surface area contributed by atoms with E-state index in [1.807, 2.05) is 30.3 Å². The molecule has 0 radical (unpaired) electrons. The number of fused-ring (bicyclic) bond motifs is 1. The lowest BCUT2D eigenvalue weighted by molar-refractivity contribution is -0.138. The molecule has 2 aromatic rings. The summed E-state index contributed by atoms with van der Waals surface area (Å²) in [7, 11) is 0. The SMILES string of the molecule is CCOC(=O)C1=C[C@@H]2C(=O)N(c3ccccc3)C(=O)[C@@H]2[C@H]1c1cccc(Br)c1. The monoisotopic (exact) mass is 439 g/mol. The molecular weight excluding hydrogens is 422 g/mol. The fourth-order valence-corrected chi connectivity index (χ4v) is 4.47. The number of hydrogen-bond acceptors (Lipinski definition) is 4. The lowest BCUT2D eigenvalue weighted by atomic mass is 9.82. The Labute approximate surface area is 171 Å². The van der Waals surface area contributed by atoms with Gasteiger partial charge in [-0.3, -0.25) is 9.59 Å². The van der Waals surface area contributed by atoms with Crippen molar-refractivity contribution >= 4 is 39.4 Å². The smallest absolute Gasteiger partial charge is 0.334 e. The molecule has 0 aromatic heterocycles. The summed E-state index contributed by atoms with van der Waals surface area (Å²) in [4.78, 5) is 40.2. The summed E-state index contributed by atoms with van der Waals surface area (Å²) in [6.07, 6.45) is 1.62. The molecule has 2 aliphatic rings. The Bertz CT molecular complexity index is 985. The van der Waals surface area contributed by atoms with Gasteiger partial charge in [0.25, 0.3) is 0 Å². The van der Waals surface area contributed by atoms with E-state index in [-0.39, 0.29) is 18.4 Å². The number of benzene rings is 2. The van der Waals surface area contributed by atoms with Gasteiger partial charge in [0.2, 0.25) is 11.8 Å². The van der Waals surface area contributed by atoms with Gasteiger partial charge in [0.15, 0.2) is 0 Å². The van der Waals surface area contributed by atoms with Crippen molar-refractivity contribution in [1.29, 1.82) is 0 Å². The summed E-state index contributed by atoms with van der Waals surface area (Å²) < 4.78 is 6.04. The Morgan fingerprint density at radius 2 is 1.82 bits per heavy atom. The highest BCUT2D eigenvalue weighted by atomic mass is 79.9. The van der Waals surface area contributed by atoms with Crippen molar-refractivity contribution in [3.8, 4) is 0 Å². The van der Waals surface area contributed by atoms with Gasteiger partial charge >= 0.3 is 5.97 Å². The maximum atomic E-state index is 13.3. The predicted molar refractivity (Wildman–Crippen MR) is 108 cm³/mol. The van der Waals surface area contributed by atoms with Crippen molar-refractivity contribution in [2.45, 2.75) is 12.8 Å². The third kappa shape index (κ3) is 2.98. The van der Waals surface area contributed by atoms with Crippen LogP contribution in [0, 0.1) is 11.8 Å². The molecule has 1 aliphatic carbocycles. The van der Waals surface area contributed by atoms with E-state index in [2.05, 4.69) is 15.9 Å². The zero-order valence-electron chi connectivity index (χ0n) is 15.2. The fraction of sp³-hybridized carbons (Fsp3) is 0.227. The maximum absolute atomic E-state index is 13.3. The number of halogens is 1. The molecule has 0 bridgehead atoms. The molecule has 142 valence electrons. The quantitative estimate of drug-likeness (QED) is 0.536. The van der Waals surface area contributed by atoms with E-state index in [1.54, 1.807) is 37.3 Å². The van der Waals surface area contributed by atoms with Gasteiger partial charge < -0.3 is 4.74 Å². The lowest BCUT2D eigenvalue weighted by Crippen LogP contribution is -2.33. The minimum absolute atomic E-state index is 0.231. The third-order valence-corrected chi connectivity index (χ3v) is 5.68. The van der Waals surface area contributed by atoms with Gasteiger partial charge in [0, 0.05) is 16.0 Å². The molecule has 0 saturated carbocycles. The van der Waals surface area contributed by atoms with Crippen LogP contribution in [0.1, 0.15) is 18.4 Å². The Hall–Kier alpha value is -2.73. The Kier molecular flexibility index (Phi) is 4.89. The highest BCUT2D eigenvalue weighted by Crippen LogP contribution is 2.49. The average molecular weight is 440 g/mol. The number of para-hydroxylation sites is 1. The normalized spacial score (nSPS) is 23.6. The van der Waals surface area contributed by atoms with Crippen LogP contribution in [0.3, 0.4) is 0 Å². The van der Waals surface area contributed by atoms with Crippen molar-refractivity contribution in [2.75, 3.05) is 11.5 Å². The summed E-state index contributed by atoms with van der Waals surface area (Å²) in [6.45, 7) is 1.96. The lowest BCUT2D eigenvalue weighted by Gasteiger charge is -2.22. The van der Waals surface area contributed by atoms with Crippen molar-refractivity contribution < 1.29 is 19.1 Å². The molecule has 1 aliphatic heterocycles. The fourth-order valence-electron chi connectivity index (χ4n) is 4.06. The number of ether oxygens (including phenoxy) is 1. The molecule has 1 heterocycles. The molecule has 1 fully saturated rings. The summed E-state index contributed by atoms with van der Waals surface area (Å²) >= 11 is 3.45. The molecule has 0 spiro atoms. The number of carbonyl (C=O) groups excluding carboxylic acids is 3. The summed E-state index contributed by atoms with van der Waals surface area (Å²) in [5, 5.41) is 0. The molecule has 2 aromatic carbocycles. The molecular formula is C22H18BrNO4. The third-order valence-electron chi connectivity index (χ3n) is 5.18. The first kappa shape index (κ1) is 18.6. The summed E-state index contributed by atoms with van der Waals surface area (Å²) in [6, 6.07) is 16.4. The van der Waals surface area contributed by atoms with Crippen LogP contribution in [0.25, 0.3) is 0 Å². The number of hydrogen-bond donors (Lipinski definition) is 0. The zero-order chi connectivity index (χ0) is 19.8. The Balaban J connectivity index is 1.80. The van der Waals surface area contributed by atoms with E-state index in [4.69, 9.17) is 4.74 Å². The minimum Gasteiger partial charge on any atom is -0.463 e.